The molecule has 21 heavy (non-hydrogen) atoms. The van der Waals surface area contributed by atoms with Gasteiger partial charge < -0.3 is 20.9 Å². The van der Waals surface area contributed by atoms with Gasteiger partial charge in [-0.1, -0.05) is 11.6 Å². The van der Waals surface area contributed by atoms with Crippen LogP contribution in [0.1, 0.15) is 23.2 Å². The molecule has 1 saturated heterocycles. The molecule has 1 aromatic rings. The maximum Gasteiger partial charge on any atom is 0.311 e. The van der Waals surface area contributed by atoms with Gasteiger partial charge in [-0.05, 0) is 31.0 Å². The number of nitrogens with two attached hydrogens (primary N) is 1. The van der Waals surface area contributed by atoms with Crippen LogP contribution in [0.15, 0.2) is 18.2 Å². The molecular weight excluding hydrogens is 296 g/mol. The van der Waals surface area contributed by atoms with Crippen LogP contribution >= 0.6 is 11.6 Å². The third-order valence-electron chi connectivity index (χ3n) is 3.75. The number of carboxylic acids is 1. The number of carbonyl (C=O) groups excluding carboxylic acids is 1. The zero-order valence-corrected chi connectivity index (χ0v) is 12.2. The number of nitrogen functional groups attached to an aromatic ring is 1. The van der Waals surface area contributed by atoms with Gasteiger partial charge >= 0.3 is 5.97 Å². The predicted octanol–water partition coefficient (Wildman–Crippen LogP) is 1.53. The number of halogens is 1. The fourth-order valence-corrected chi connectivity index (χ4v) is 2.38. The van der Waals surface area contributed by atoms with Crippen molar-refractivity contribution < 1.29 is 19.4 Å². The summed E-state index contributed by atoms with van der Waals surface area (Å²) in [6, 6.07) is 4.55. The second kappa shape index (κ2) is 6.32. The number of hydrogen-bond donors (Lipinski definition) is 3. The second-order valence-electron chi connectivity index (χ2n) is 5.12. The highest BCUT2D eigenvalue weighted by molar-refractivity contribution is 6.33. The zero-order valence-electron chi connectivity index (χ0n) is 11.4. The molecule has 1 heterocycles. The highest BCUT2D eigenvalue weighted by Gasteiger charge is 2.40. The SMILES string of the molecule is Nc1cc(C(=O)NCC2(C(=O)O)CCOCC2)ccc1Cl. The first-order valence-electron chi connectivity index (χ1n) is 6.59. The Balaban J connectivity index is 2.05. The first kappa shape index (κ1) is 15.6. The number of benzene rings is 1. The standard InChI is InChI=1S/C14H17ClN2O4/c15-10-2-1-9(7-11(10)16)12(18)17-8-14(13(19)20)3-5-21-6-4-14/h1-2,7H,3-6,8,16H2,(H,17,18)(H,19,20). The number of carboxylic acid groups (broad SMARTS) is 1. The Labute approximate surface area is 127 Å². The summed E-state index contributed by atoms with van der Waals surface area (Å²) < 4.78 is 5.19. The van der Waals surface area contributed by atoms with Gasteiger partial charge in [-0.25, -0.2) is 0 Å². The Hall–Kier alpha value is -1.79. The fraction of sp³-hybridized carbons (Fsp3) is 0.429. The van der Waals surface area contributed by atoms with E-state index in [1.807, 2.05) is 0 Å². The van der Waals surface area contributed by atoms with Crippen molar-refractivity contribution in [2.45, 2.75) is 12.8 Å². The molecule has 1 aliphatic heterocycles. The van der Waals surface area contributed by atoms with Gasteiger partial charge in [0.1, 0.15) is 0 Å². The van der Waals surface area contributed by atoms with E-state index in [0.717, 1.165) is 0 Å². The van der Waals surface area contributed by atoms with Crippen LogP contribution in [-0.4, -0.2) is 36.7 Å². The van der Waals surface area contributed by atoms with Crippen LogP contribution in [-0.2, 0) is 9.53 Å². The van der Waals surface area contributed by atoms with Crippen LogP contribution in [0.3, 0.4) is 0 Å². The van der Waals surface area contributed by atoms with Crippen LogP contribution in [0, 0.1) is 5.41 Å². The minimum Gasteiger partial charge on any atom is -0.481 e. The molecule has 1 fully saturated rings. The number of anilines is 1. The largest absolute Gasteiger partial charge is 0.481 e. The van der Waals surface area contributed by atoms with Crippen LogP contribution in [0.25, 0.3) is 0 Å². The van der Waals surface area contributed by atoms with Gasteiger partial charge in [-0.15, -0.1) is 0 Å². The Morgan fingerprint density at radius 2 is 2.05 bits per heavy atom. The van der Waals surface area contributed by atoms with E-state index in [9.17, 15) is 14.7 Å². The van der Waals surface area contributed by atoms with E-state index >= 15 is 0 Å². The average Bonchev–Trinajstić information content (AvgIpc) is 2.48. The number of aliphatic carboxylic acids is 1. The molecule has 1 aromatic carbocycles. The van der Waals surface area contributed by atoms with Crippen LogP contribution in [0.4, 0.5) is 5.69 Å². The number of rotatable bonds is 4. The molecule has 1 aliphatic rings. The van der Waals surface area contributed by atoms with E-state index in [4.69, 9.17) is 22.1 Å². The molecule has 0 atom stereocenters. The number of hydrogen-bond acceptors (Lipinski definition) is 4. The maximum absolute atomic E-state index is 12.1. The van der Waals surface area contributed by atoms with Crippen molar-refractivity contribution in [2.24, 2.45) is 5.41 Å². The van der Waals surface area contributed by atoms with Crippen molar-refractivity contribution >= 4 is 29.2 Å². The Bertz CT molecular complexity index is 556. The number of amides is 1. The molecule has 0 unspecified atom stereocenters. The molecule has 1 amide bonds. The summed E-state index contributed by atoms with van der Waals surface area (Å²) in [7, 11) is 0. The average molecular weight is 313 g/mol. The molecule has 2 rings (SSSR count). The maximum atomic E-state index is 12.1. The molecule has 0 aliphatic carbocycles. The highest BCUT2D eigenvalue weighted by Crippen LogP contribution is 2.30. The quantitative estimate of drug-likeness (QED) is 0.732. The van der Waals surface area contributed by atoms with E-state index in [1.54, 1.807) is 6.07 Å². The van der Waals surface area contributed by atoms with Crippen LogP contribution < -0.4 is 11.1 Å². The zero-order chi connectivity index (χ0) is 15.5. The molecule has 0 bridgehead atoms. The summed E-state index contributed by atoms with van der Waals surface area (Å²) >= 11 is 5.80. The normalized spacial score (nSPS) is 17.2. The van der Waals surface area contributed by atoms with E-state index in [1.165, 1.54) is 12.1 Å². The molecule has 0 radical (unpaired) electrons. The lowest BCUT2D eigenvalue weighted by Crippen LogP contribution is -2.46. The van der Waals surface area contributed by atoms with Gasteiger partial charge in [-0.2, -0.15) is 0 Å². The lowest BCUT2D eigenvalue weighted by Gasteiger charge is -2.33. The summed E-state index contributed by atoms with van der Waals surface area (Å²) in [4.78, 5) is 23.6. The summed E-state index contributed by atoms with van der Waals surface area (Å²) in [6.45, 7) is 0.833. The Kier molecular flexibility index (Phi) is 4.69. The van der Waals surface area contributed by atoms with E-state index in [0.29, 0.717) is 42.3 Å². The smallest absolute Gasteiger partial charge is 0.311 e. The third-order valence-corrected chi connectivity index (χ3v) is 4.09. The molecular formula is C14H17ClN2O4. The Morgan fingerprint density at radius 1 is 1.38 bits per heavy atom. The molecule has 0 spiro atoms. The fourth-order valence-electron chi connectivity index (χ4n) is 2.26. The molecule has 114 valence electrons. The van der Waals surface area contributed by atoms with Crippen LogP contribution in [0.2, 0.25) is 5.02 Å². The van der Waals surface area contributed by atoms with Gasteiger partial charge in [0.2, 0.25) is 0 Å². The van der Waals surface area contributed by atoms with Crippen LogP contribution in [0.5, 0.6) is 0 Å². The van der Waals surface area contributed by atoms with Crippen molar-refractivity contribution in [3.8, 4) is 0 Å². The number of nitrogens with one attached hydrogen (secondary N) is 1. The topological polar surface area (TPSA) is 102 Å². The van der Waals surface area contributed by atoms with Crippen molar-refractivity contribution in [1.82, 2.24) is 5.32 Å². The summed E-state index contributed by atoms with van der Waals surface area (Å²) in [6.07, 6.45) is 0.761. The van der Waals surface area contributed by atoms with E-state index in [2.05, 4.69) is 5.32 Å². The second-order valence-corrected chi connectivity index (χ2v) is 5.52. The molecule has 0 aromatic heterocycles. The van der Waals surface area contributed by atoms with Crippen molar-refractivity contribution in [2.75, 3.05) is 25.5 Å². The molecule has 4 N–H and O–H groups in total. The predicted molar refractivity (Wildman–Crippen MR) is 78.3 cm³/mol. The number of ether oxygens (including phenoxy) is 1. The third kappa shape index (κ3) is 3.46. The minimum absolute atomic E-state index is 0.0626. The molecule has 7 heteroatoms. The first-order chi connectivity index (χ1) is 9.94. The summed E-state index contributed by atoms with van der Waals surface area (Å²) in [5, 5.41) is 12.4. The minimum atomic E-state index is -0.966. The van der Waals surface area contributed by atoms with Gasteiger partial charge in [0.15, 0.2) is 0 Å². The number of carbonyl (C=O) groups is 2. The van der Waals surface area contributed by atoms with E-state index < -0.39 is 11.4 Å². The van der Waals surface area contributed by atoms with Gasteiger partial charge in [-0.3, -0.25) is 9.59 Å². The summed E-state index contributed by atoms with van der Waals surface area (Å²) in [5.41, 5.74) is 5.34. The van der Waals surface area contributed by atoms with Gasteiger partial charge in [0, 0.05) is 25.3 Å². The molecule has 6 nitrogen and oxygen atoms in total. The molecule has 0 saturated carbocycles. The monoisotopic (exact) mass is 312 g/mol. The van der Waals surface area contributed by atoms with Crippen molar-refractivity contribution in [3.63, 3.8) is 0 Å². The lowest BCUT2D eigenvalue weighted by molar-refractivity contribution is -0.154. The lowest BCUT2D eigenvalue weighted by atomic mass is 9.80. The Morgan fingerprint density at radius 3 is 2.62 bits per heavy atom. The highest BCUT2D eigenvalue weighted by atomic mass is 35.5. The van der Waals surface area contributed by atoms with Gasteiger partial charge in [0.25, 0.3) is 5.91 Å². The van der Waals surface area contributed by atoms with Gasteiger partial charge in [0.05, 0.1) is 16.1 Å². The van der Waals surface area contributed by atoms with Crippen molar-refractivity contribution in [1.29, 1.82) is 0 Å². The summed E-state index contributed by atoms with van der Waals surface area (Å²) in [5.74, 6) is -1.28. The van der Waals surface area contributed by atoms with Crippen molar-refractivity contribution in [3.05, 3.63) is 28.8 Å². The van der Waals surface area contributed by atoms with E-state index in [-0.39, 0.29) is 12.5 Å². The first-order valence-corrected chi connectivity index (χ1v) is 6.97.